The van der Waals surface area contributed by atoms with E-state index in [4.69, 9.17) is 37.0 Å². The summed E-state index contributed by atoms with van der Waals surface area (Å²) < 4.78 is 68.0. The zero-order valence-corrected chi connectivity index (χ0v) is 56.7. The molecule has 0 fully saturated rings. The largest absolute Gasteiger partial charge is 0.472 e. The van der Waals surface area contributed by atoms with Crippen molar-refractivity contribution in [3.63, 3.8) is 0 Å². The van der Waals surface area contributed by atoms with E-state index in [1.165, 1.54) is 141 Å². The fourth-order valence-corrected chi connectivity index (χ4v) is 11.5. The second kappa shape index (κ2) is 58.4. The molecule has 0 aromatic rings. The Morgan fingerprint density at radius 2 is 0.541 bits per heavy atom. The van der Waals surface area contributed by atoms with E-state index in [9.17, 15) is 43.2 Å². The molecule has 0 amide bonds. The number of rotatable bonds is 65. The lowest BCUT2D eigenvalue weighted by Gasteiger charge is -2.21. The van der Waals surface area contributed by atoms with Crippen LogP contribution < -0.4 is 0 Å². The summed E-state index contributed by atoms with van der Waals surface area (Å²) in [6.45, 7) is 9.40. The third kappa shape index (κ3) is 60.7. The smallest absolute Gasteiger partial charge is 0.462 e. The van der Waals surface area contributed by atoms with E-state index in [1.54, 1.807) is 0 Å². The van der Waals surface area contributed by atoms with Crippen LogP contribution in [0.15, 0.2) is 0 Å². The molecule has 0 spiro atoms. The van der Waals surface area contributed by atoms with E-state index in [0.29, 0.717) is 31.6 Å². The molecule has 0 aliphatic heterocycles. The first-order valence-electron chi connectivity index (χ1n) is 34.5. The highest BCUT2D eigenvalue weighted by Crippen LogP contribution is 2.45. The minimum absolute atomic E-state index is 0.102. The van der Waals surface area contributed by atoms with Gasteiger partial charge in [-0.3, -0.25) is 37.3 Å². The molecule has 19 heteroatoms. The maximum Gasteiger partial charge on any atom is 0.472 e. The molecule has 0 aromatic carbocycles. The number of carbonyl (C=O) groups excluding carboxylic acids is 4. The molecule has 0 saturated heterocycles. The maximum atomic E-state index is 13.0. The monoisotopic (exact) mass is 1250 g/mol. The van der Waals surface area contributed by atoms with E-state index in [2.05, 4.69) is 41.5 Å². The van der Waals surface area contributed by atoms with Crippen molar-refractivity contribution < 1.29 is 80.2 Å². The number of phosphoric acid groups is 2. The summed E-state index contributed by atoms with van der Waals surface area (Å²) >= 11 is 0. The third-order valence-electron chi connectivity index (χ3n) is 15.2. The molecule has 0 bridgehead atoms. The molecule has 0 aromatic heterocycles. The topological polar surface area (TPSA) is 237 Å². The number of ether oxygens (including phenoxy) is 4. The molecule has 2 unspecified atom stereocenters. The molecular weight excluding hydrogens is 1130 g/mol. The molecule has 85 heavy (non-hydrogen) atoms. The Kier molecular flexibility index (Phi) is 57.1. The van der Waals surface area contributed by atoms with E-state index in [0.717, 1.165) is 102 Å². The first-order chi connectivity index (χ1) is 40.9. The second-order valence-electron chi connectivity index (χ2n) is 24.8. The van der Waals surface area contributed by atoms with Crippen LogP contribution in [0.4, 0.5) is 0 Å². The number of esters is 4. The molecule has 0 radical (unpaired) electrons. The fraction of sp³-hybridized carbons (Fsp3) is 0.939. The molecule has 0 rings (SSSR count). The zero-order chi connectivity index (χ0) is 62.9. The number of aliphatic hydroxyl groups is 1. The summed E-state index contributed by atoms with van der Waals surface area (Å²) in [7, 11) is -9.89. The molecule has 0 heterocycles. The van der Waals surface area contributed by atoms with Gasteiger partial charge >= 0.3 is 39.5 Å². The van der Waals surface area contributed by atoms with Crippen LogP contribution in [0, 0.1) is 11.8 Å². The third-order valence-corrected chi connectivity index (χ3v) is 17.1. The summed E-state index contributed by atoms with van der Waals surface area (Å²) in [6, 6.07) is 0. The fourth-order valence-electron chi connectivity index (χ4n) is 9.88. The van der Waals surface area contributed by atoms with Gasteiger partial charge in [0.15, 0.2) is 12.2 Å². The van der Waals surface area contributed by atoms with Gasteiger partial charge in [-0.15, -0.1) is 0 Å². The normalized spacial score (nSPS) is 14.2. The molecule has 504 valence electrons. The number of phosphoric ester groups is 2. The van der Waals surface area contributed by atoms with Gasteiger partial charge in [-0.25, -0.2) is 9.13 Å². The van der Waals surface area contributed by atoms with Gasteiger partial charge in [0, 0.05) is 25.7 Å². The minimum atomic E-state index is -4.95. The summed E-state index contributed by atoms with van der Waals surface area (Å²) in [5, 5.41) is 10.5. The molecule has 0 aliphatic carbocycles. The number of carbonyl (C=O) groups is 4. The number of hydrogen-bond acceptors (Lipinski definition) is 15. The lowest BCUT2D eigenvalue weighted by Crippen LogP contribution is -2.30. The molecular formula is C66H128O17P2. The van der Waals surface area contributed by atoms with E-state index in [-0.39, 0.29) is 25.7 Å². The van der Waals surface area contributed by atoms with Crippen molar-refractivity contribution in [2.24, 2.45) is 11.8 Å². The predicted octanol–water partition coefficient (Wildman–Crippen LogP) is 18.4. The Balaban J connectivity index is 5.22. The molecule has 0 aliphatic rings. The standard InChI is InChI=1S/C66H128O17P2/c1-7-9-11-13-15-17-18-19-20-23-26-30-37-43-49-64(69)77-54-61(82-65(70)50-44-38-31-27-24-21-22-25-28-34-40-46-58(3)4)56-80-84(72,73)78-52-60(67)53-79-85(74,75)81-57-62(55-76-63(68)48-42-36-29-16-14-12-10-8-2)83-66(71)51-45-39-33-32-35-41-47-59(5)6/h58-62,67H,7-57H2,1-6H3,(H,72,73)(H,74,75)/t60-,61-,62-/m1/s1. The van der Waals surface area contributed by atoms with E-state index in [1.807, 2.05) is 0 Å². The summed E-state index contributed by atoms with van der Waals surface area (Å²) in [5.74, 6) is -0.701. The first kappa shape index (κ1) is 83.1. The van der Waals surface area contributed by atoms with Gasteiger partial charge in [0.2, 0.25) is 0 Å². The lowest BCUT2D eigenvalue weighted by atomic mass is 10.0. The van der Waals surface area contributed by atoms with E-state index >= 15 is 0 Å². The minimum Gasteiger partial charge on any atom is -0.462 e. The van der Waals surface area contributed by atoms with Crippen molar-refractivity contribution in [3.8, 4) is 0 Å². The molecule has 0 saturated carbocycles. The summed E-state index contributed by atoms with van der Waals surface area (Å²) in [5.41, 5.74) is 0. The predicted molar refractivity (Wildman–Crippen MR) is 340 cm³/mol. The molecule has 3 N–H and O–H groups in total. The highest BCUT2D eigenvalue weighted by molar-refractivity contribution is 7.47. The molecule has 5 atom stereocenters. The van der Waals surface area contributed by atoms with Crippen LogP contribution in [0.2, 0.25) is 0 Å². The van der Waals surface area contributed by atoms with Crippen LogP contribution in [-0.2, 0) is 65.4 Å². The quantitative estimate of drug-likeness (QED) is 0.0222. The van der Waals surface area contributed by atoms with Crippen LogP contribution in [-0.4, -0.2) is 96.7 Å². The second-order valence-corrected chi connectivity index (χ2v) is 27.7. The number of aliphatic hydroxyl groups excluding tert-OH is 1. The Hall–Kier alpha value is -1.94. The Labute approximate surface area is 517 Å². The zero-order valence-electron chi connectivity index (χ0n) is 54.9. The van der Waals surface area contributed by atoms with Gasteiger partial charge in [-0.2, -0.15) is 0 Å². The number of unbranched alkanes of at least 4 members (excludes halogenated alkanes) is 35. The van der Waals surface area contributed by atoms with Crippen LogP contribution in [0.1, 0.15) is 330 Å². The Morgan fingerprint density at radius 1 is 0.318 bits per heavy atom. The van der Waals surface area contributed by atoms with Gasteiger partial charge in [-0.05, 0) is 37.5 Å². The average Bonchev–Trinajstić information content (AvgIpc) is 3.54. The average molecular weight is 1260 g/mol. The van der Waals surface area contributed by atoms with Gasteiger partial charge < -0.3 is 33.8 Å². The molecule has 17 nitrogen and oxygen atoms in total. The van der Waals surface area contributed by atoms with Crippen LogP contribution >= 0.6 is 15.6 Å². The highest BCUT2D eigenvalue weighted by Gasteiger charge is 2.30. The van der Waals surface area contributed by atoms with Crippen molar-refractivity contribution in [3.05, 3.63) is 0 Å². The SMILES string of the molecule is CCCCCCCCCCCCCCCCC(=O)OC[C@H](COP(=O)(O)OC[C@@H](O)COP(=O)(O)OC[C@@H](COC(=O)CCCCCCCCCC)OC(=O)CCCCCCCCC(C)C)OC(=O)CCCCCCCCCCCCCC(C)C. The lowest BCUT2D eigenvalue weighted by molar-refractivity contribution is -0.161. The van der Waals surface area contributed by atoms with Crippen molar-refractivity contribution in [2.45, 2.75) is 349 Å². The van der Waals surface area contributed by atoms with Gasteiger partial charge in [0.1, 0.15) is 19.3 Å². The highest BCUT2D eigenvalue weighted by atomic mass is 31.2. The van der Waals surface area contributed by atoms with Crippen LogP contribution in [0.25, 0.3) is 0 Å². The first-order valence-corrected chi connectivity index (χ1v) is 37.5. The van der Waals surface area contributed by atoms with Crippen molar-refractivity contribution in [1.82, 2.24) is 0 Å². The Morgan fingerprint density at radius 3 is 0.800 bits per heavy atom. The Bertz CT molecular complexity index is 1670. The van der Waals surface area contributed by atoms with Crippen molar-refractivity contribution >= 4 is 39.5 Å². The van der Waals surface area contributed by atoms with Crippen molar-refractivity contribution in [1.29, 1.82) is 0 Å². The van der Waals surface area contributed by atoms with Gasteiger partial charge in [0.05, 0.1) is 26.4 Å². The van der Waals surface area contributed by atoms with Crippen molar-refractivity contribution in [2.75, 3.05) is 39.6 Å². The summed E-state index contributed by atoms with van der Waals surface area (Å²) in [6.07, 6.45) is 41.9. The van der Waals surface area contributed by atoms with Gasteiger partial charge in [-0.1, -0.05) is 279 Å². The summed E-state index contributed by atoms with van der Waals surface area (Å²) in [4.78, 5) is 72.2. The van der Waals surface area contributed by atoms with Crippen LogP contribution in [0.5, 0.6) is 0 Å². The number of hydrogen-bond donors (Lipinski definition) is 3. The van der Waals surface area contributed by atoms with Gasteiger partial charge in [0.25, 0.3) is 0 Å². The van der Waals surface area contributed by atoms with Crippen LogP contribution in [0.3, 0.4) is 0 Å². The maximum absolute atomic E-state index is 13.0. The van der Waals surface area contributed by atoms with E-state index < -0.39 is 97.5 Å².